The predicted molar refractivity (Wildman–Crippen MR) is 93.9 cm³/mol. The van der Waals surface area contributed by atoms with Crippen LogP contribution in [0.25, 0.3) is 6.08 Å². The second-order valence-corrected chi connectivity index (χ2v) is 5.49. The Morgan fingerprint density at radius 2 is 1.68 bits per heavy atom. The van der Waals surface area contributed by atoms with Crippen molar-refractivity contribution in [3.05, 3.63) is 78.3 Å². The van der Waals surface area contributed by atoms with Crippen molar-refractivity contribution >= 4 is 52.2 Å². The molecule has 0 unspecified atom stereocenters. The number of nitro groups is 2. The molecule has 0 atom stereocenters. The van der Waals surface area contributed by atoms with E-state index in [1.807, 2.05) is 0 Å². The standard InChI is InChI=1S/C15H9Cl2N3O5/c16-11-2-1-3-12(17)10(11)5-7-15(21)18-13-6-4-9(19(22)23)8-14(13)20(24)25/h1-8H,(H,18,21)/b7-5+. The Balaban J connectivity index is 2.24. The molecule has 0 bridgehead atoms. The van der Waals surface area contributed by atoms with E-state index in [2.05, 4.69) is 5.32 Å². The van der Waals surface area contributed by atoms with Crippen molar-refractivity contribution in [2.24, 2.45) is 0 Å². The van der Waals surface area contributed by atoms with Gasteiger partial charge in [-0.15, -0.1) is 0 Å². The number of nitro benzene ring substituents is 2. The van der Waals surface area contributed by atoms with Gasteiger partial charge in [-0.1, -0.05) is 29.3 Å². The highest BCUT2D eigenvalue weighted by atomic mass is 35.5. The van der Waals surface area contributed by atoms with Crippen molar-refractivity contribution < 1.29 is 14.6 Å². The van der Waals surface area contributed by atoms with Crippen LogP contribution in [0.2, 0.25) is 10.0 Å². The summed E-state index contributed by atoms with van der Waals surface area (Å²) in [6, 6.07) is 7.73. The number of hydrogen-bond acceptors (Lipinski definition) is 5. The molecule has 0 radical (unpaired) electrons. The lowest BCUT2D eigenvalue weighted by Gasteiger charge is -2.04. The molecule has 0 saturated heterocycles. The van der Waals surface area contributed by atoms with E-state index in [-0.39, 0.29) is 5.69 Å². The minimum absolute atomic E-state index is 0.171. The second kappa shape index (κ2) is 7.73. The topological polar surface area (TPSA) is 115 Å². The second-order valence-electron chi connectivity index (χ2n) is 4.67. The molecule has 2 rings (SSSR count). The van der Waals surface area contributed by atoms with Gasteiger partial charge in [-0.05, 0) is 24.3 Å². The summed E-state index contributed by atoms with van der Waals surface area (Å²) in [6.45, 7) is 0. The van der Waals surface area contributed by atoms with E-state index in [0.29, 0.717) is 15.6 Å². The summed E-state index contributed by atoms with van der Waals surface area (Å²) in [5.41, 5.74) is -0.801. The van der Waals surface area contributed by atoms with E-state index < -0.39 is 27.1 Å². The largest absolute Gasteiger partial charge is 0.317 e. The molecule has 1 N–H and O–H groups in total. The lowest BCUT2D eigenvalue weighted by Crippen LogP contribution is -2.10. The number of non-ortho nitro benzene ring substituents is 1. The first-order chi connectivity index (χ1) is 11.8. The number of halogens is 2. The molecule has 0 aromatic heterocycles. The van der Waals surface area contributed by atoms with Crippen LogP contribution < -0.4 is 5.32 Å². The third-order valence-electron chi connectivity index (χ3n) is 3.05. The summed E-state index contributed by atoms with van der Waals surface area (Å²) in [5, 5.41) is 24.7. The maximum Gasteiger partial charge on any atom is 0.299 e. The number of carbonyl (C=O) groups is 1. The molecule has 25 heavy (non-hydrogen) atoms. The Labute approximate surface area is 151 Å². The Hall–Kier alpha value is -2.97. The fourth-order valence-electron chi connectivity index (χ4n) is 1.89. The summed E-state index contributed by atoms with van der Waals surface area (Å²) >= 11 is 11.9. The van der Waals surface area contributed by atoms with Crippen LogP contribution in [0.3, 0.4) is 0 Å². The fraction of sp³-hybridized carbons (Fsp3) is 0. The lowest BCUT2D eigenvalue weighted by molar-refractivity contribution is -0.393. The zero-order valence-corrected chi connectivity index (χ0v) is 13.8. The van der Waals surface area contributed by atoms with Crippen LogP contribution in [-0.4, -0.2) is 15.8 Å². The molecule has 0 aliphatic rings. The number of rotatable bonds is 5. The number of nitrogens with one attached hydrogen (secondary N) is 1. The minimum atomic E-state index is -0.822. The maximum atomic E-state index is 12.0. The zero-order valence-electron chi connectivity index (χ0n) is 12.3. The third-order valence-corrected chi connectivity index (χ3v) is 3.71. The van der Waals surface area contributed by atoms with E-state index in [0.717, 1.165) is 24.3 Å². The smallest absolute Gasteiger partial charge is 0.299 e. The summed E-state index contributed by atoms with van der Waals surface area (Å²) < 4.78 is 0. The molecular weight excluding hydrogens is 373 g/mol. The number of anilines is 1. The zero-order chi connectivity index (χ0) is 18.6. The summed E-state index contributed by atoms with van der Waals surface area (Å²) in [7, 11) is 0. The van der Waals surface area contributed by atoms with Crippen molar-refractivity contribution in [2.45, 2.75) is 0 Å². The molecule has 1 amide bonds. The number of carbonyl (C=O) groups excluding carboxylic acids is 1. The van der Waals surface area contributed by atoms with Crippen molar-refractivity contribution in [2.75, 3.05) is 5.32 Å². The number of benzene rings is 2. The van der Waals surface area contributed by atoms with E-state index in [4.69, 9.17) is 23.2 Å². The van der Waals surface area contributed by atoms with Gasteiger partial charge >= 0.3 is 0 Å². The molecule has 0 fully saturated rings. The molecule has 8 nitrogen and oxygen atoms in total. The highest BCUT2D eigenvalue weighted by Crippen LogP contribution is 2.29. The SMILES string of the molecule is O=C(/C=C/c1c(Cl)cccc1Cl)Nc1ccc([N+](=O)[O-])cc1[N+](=O)[O-]. The van der Waals surface area contributed by atoms with Crippen molar-refractivity contribution in [3.63, 3.8) is 0 Å². The van der Waals surface area contributed by atoms with Crippen LogP contribution in [-0.2, 0) is 4.79 Å². The molecule has 2 aromatic rings. The molecular formula is C15H9Cl2N3O5. The fourth-order valence-corrected chi connectivity index (χ4v) is 2.42. The molecule has 0 aliphatic carbocycles. The van der Waals surface area contributed by atoms with E-state index >= 15 is 0 Å². The van der Waals surface area contributed by atoms with Gasteiger partial charge in [-0.25, -0.2) is 0 Å². The van der Waals surface area contributed by atoms with Crippen LogP contribution >= 0.6 is 23.2 Å². The van der Waals surface area contributed by atoms with E-state index in [1.54, 1.807) is 18.2 Å². The third kappa shape index (κ3) is 4.52. The first kappa shape index (κ1) is 18.4. The predicted octanol–water partition coefficient (Wildman–Crippen LogP) is 4.46. The van der Waals surface area contributed by atoms with Gasteiger partial charge in [0, 0.05) is 27.8 Å². The number of hydrogen-bond donors (Lipinski definition) is 1. The Morgan fingerprint density at radius 1 is 1.04 bits per heavy atom. The molecule has 0 spiro atoms. The Morgan fingerprint density at radius 3 is 2.24 bits per heavy atom. The van der Waals surface area contributed by atoms with Gasteiger partial charge in [0.1, 0.15) is 5.69 Å². The summed E-state index contributed by atoms with van der Waals surface area (Å²) in [4.78, 5) is 32.1. The Kier molecular flexibility index (Phi) is 5.68. The van der Waals surface area contributed by atoms with E-state index in [1.165, 1.54) is 6.08 Å². The van der Waals surface area contributed by atoms with Crippen LogP contribution in [0.1, 0.15) is 5.56 Å². The first-order valence-electron chi connectivity index (χ1n) is 6.65. The van der Waals surface area contributed by atoms with Crippen LogP contribution in [0.5, 0.6) is 0 Å². The molecule has 0 aliphatic heterocycles. The first-order valence-corrected chi connectivity index (χ1v) is 7.41. The summed E-state index contributed by atoms with van der Waals surface area (Å²) in [5.74, 6) is -0.687. The maximum absolute atomic E-state index is 12.0. The number of nitrogens with zero attached hydrogens (tertiary/aromatic N) is 2. The van der Waals surface area contributed by atoms with E-state index in [9.17, 15) is 25.0 Å². The van der Waals surface area contributed by atoms with Gasteiger partial charge < -0.3 is 5.32 Å². The normalized spacial score (nSPS) is 10.6. The highest BCUT2D eigenvalue weighted by Gasteiger charge is 2.20. The molecule has 0 heterocycles. The molecule has 10 heteroatoms. The monoisotopic (exact) mass is 381 g/mol. The van der Waals surface area contributed by atoms with Gasteiger partial charge in [0.15, 0.2) is 0 Å². The van der Waals surface area contributed by atoms with Crippen molar-refractivity contribution in [1.82, 2.24) is 0 Å². The quantitative estimate of drug-likeness (QED) is 0.466. The van der Waals surface area contributed by atoms with Gasteiger partial charge in [0.2, 0.25) is 5.91 Å². The van der Waals surface area contributed by atoms with Gasteiger partial charge in [-0.2, -0.15) is 0 Å². The molecule has 2 aromatic carbocycles. The van der Waals surface area contributed by atoms with Crippen LogP contribution in [0.4, 0.5) is 17.1 Å². The van der Waals surface area contributed by atoms with Crippen LogP contribution in [0.15, 0.2) is 42.5 Å². The van der Waals surface area contributed by atoms with Crippen LogP contribution in [0, 0.1) is 20.2 Å². The number of amides is 1. The molecule has 128 valence electrons. The van der Waals surface area contributed by atoms with Crippen molar-refractivity contribution in [3.8, 4) is 0 Å². The minimum Gasteiger partial charge on any atom is -0.317 e. The van der Waals surface area contributed by atoms with Gasteiger partial charge in [0.25, 0.3) is 11.4 Å². The Bertz CT molecular complexity index is 878. The van der Waals surface area contributed by atoms with Gasteiger partial charge in [0.05, 0.1) is 15.9 Å². The molecule has 0 saturated carbocycles. The lowest BCUT2D eigenvalue weighted by atomic mass is 10.2. The summed E-state index contributed by atoms with van der Waals surface area (Å²) in [6.07, 6.45) is 2.45. The average Bonchev–Trinajstić information content (AvgIpc) is 2.54. The van der Waals surface area contributed by atoms with Crippen molar-refractivity contribution in [1.29, 1.82) is 0 Å². The van der Waals surface area contributed by atoms with Gasteiger partial charge in [-0.3, -0.25) is 25.0 Å². The highest BCUT2D eigenvalue weighted by molar-refractivity contribution is 6.37. The average molecular weight is 382 g/mol.